The van der Waals surface area contributed by atoms with E-state index in [0.29, 0.717) is 0 Å². The molecule has 0 spiro atoms. The monoisotopic (exact) mass is 387 g/mol. The molecule has 0 aliphatic rings. The van der Waals surface area contributed by atoms with Crippen LogP contribution < -0.4 is 4.74 Å². The SMILES string of the molecule is OCc1c(I)cnc(OC(F)(F)F)c1C(F)(F)F. The van der Waals surface area contributed by atoms with Gasteiger partial charge in [-0.3, -0.25) is 0 Å². The number of aromatic nitrogens is 1. The summed E-state index contributed by atoms with van der Waals surface area (Å²) in [6.45, 7) is -1.08. The van der Waals surface area contributed by atoms with E-state index in [9.17, 15) is 26.3 Å². The van der Waals surface area contributed by atoms with Crippen LogP contribution in [0, 0.1) is 3.57 Å². The van der Waals surface area contributed by atoms with Gasteiger partial charge in [0, 0.05) is 15.3 Å². The van der Waals surface area contributed by atoms with Crippen LogP contribution in [-0.4, -0.2) is 16.5 Å². The molecule has 102 valence electrons. The Morgan fingerprint density at radius 2 is 1.78 bits per heavy atom. The molecule has 0 atom stereocenters. The first-order valence-electron chi connectivity index (χ1n) is 4.17. The van der Waals surface area contributed by atoms with E-state index >= 15 is 0 Å². The Morgan fingerprint density at radius 3 is 2.17 bits per heavy atom. The Balaban J connectivity index is 3.43. The average molecular weight is 387 g/mol. The van der Waals surface area contributed by atoms with Crippen LogP contribution in [0.25, 0.3) is 0 Å². The number of aliphatic hydroxyl groups is 1. The Morgan fingerprint density at radius 1 is 1.22 bits per heavy atom. The number of hydrogen-bond donors (Lipinski definition) is 1. The lowest BCUT2D eigenvalue weighted by atomic mass is 10.1. The van der Waals surface area contributed by atoms with E-state index in [1.807, 2.05) is 0 Å². The Kier molecular flexibility index (Phi) is 4.30. The van der Waals surface area contributed by atoms with E-state index in [0.717, 1.165) is 6.20 Å². The predicted molar refractivity (Wildman–Crippen MR) is 54.6 cm³/mol. The summed E-state index contributed by atoms with van der Waals surface area (Å²) >= 11 is 1.42. The van der Waals surface area contributed by atoms with Gasteiger partial charge < -0.3 is 9.84 Å². The molecular formula is C8H4F6INO2. The van der Waals surface area contributed by atoms with E-state index < -0.39 is 36.2 Å². The summed E-state index contributed by atoms with van der Waals surface area (Å²) in [5, 5.41) is 8.82. The number of alkyl halides is 6. The lowest BCUT2D eigenvalue weighted by Gasteiger charge is -2.17. The Hall–Kier alpha value is -0.780. The minimum absolute atomic E-state index is 0.114. The van der Waals surface area contributed by atoms with Crippen molar-refractivity contribution in [2.45, 2.75) is 19.1 Å². The van der Waals surface area contributed by atoms with Crippen LogP contribution in [0.1, 0.15) is 11.1 Å². The van der Waals surface area contributed by atoms with Crippen LogP contribution in [0.3, 0.4) is 0 Å². The maximum Gasteiger partial charge on any atom is 0.574 e. The van der Waals surface area contributed by atoms with Crippen LogP contribution in [0.5, 0.6) is 5.88 Å². The minimum atomic E-state index is -5.30. The molecule has 1 N–H and O–H groups in total. The molecule has 0 aliphatic carbocycles. The summed E-state index contributed by atoms with van der Waals surface area (Å²) in [4.78, 5) is 2.96. The van der Waals surface area contributed by atoms with Crippen LogP contribution in [0.2, 0.25) is 0 Å². The van der Waals surface area contributed by atoms with E-state index in [1.165, 1.54) is 22.6 Å². The first-order valence-corrected chi connectivity index (χ1v) is 5.25. The fourth-order valence-electron chi connectivity index (χ4n) is 1.14. The number of rotatable bonds is 2. The highest BCUT2D eigenvalue weighted by Gasteiger charge is 2.42. The topological polar surface area (TPSA) is 42.4 Å². The van der Waals surface area contributed by atoms with Gasteiger partial charge in [-0.2, -0.15) is 13.2 Å². The number of nitrogens with zero attached hydrogens (tertiary/aromatic N) is 1. The van der Waals surface area contributed by atoms with E-state index in [-0.39, 0.29) is 3.57 Å². The van der Waals surface area contributed by atoms with Crippen molar-refractivity contribution < 1.29 is 36.2 Å². The third kappa shape index (κ3) is 3.60. The number of pyridine rings is 1. The zero-order valence-electron chi connectivity index (χ0n) is 8.23. The first kappa shape index (κ1) is 15.3. The summed E-state index contributed by atoms with van der Waals surface area (Å²) in [6.07, 6.45) is -9.66. The summed E-state index contributed by atoms with van der Waals surface area (Å²) in [7, 11) is 0. The van der Waals surface area contributed by atoms with E-state index in [2.05, 4.69) is 9.72 Å². The second-order valence-corrected chi connectivity index (χ2v) is 4.13. The van der Waals surface area contributed by atoms with Gasteiger partial charge in [0.15, 0.2) is 0 Å². The van der Waals surface area contributed by atoms with Crippen LogP contribution in [0.15, 0.2) is 6.20 Å². The van der Waals surface area contributed by atoms with Crippen molar-refractivity contribution in [2.24, 2.45) is 0 Å². The molecule has 1 aromatic heterocycles. The lowest BCUT2D eigenvalue weighted by Crippen LogP contribution is -2.22. The molecule has 0 bridgehead atoms. The molecule has 0 radical (unpaired) electrons. The number of halogens is 7. The molecule has 1 aromatic rings. The molecule has 0 saturated heterocycles. The van der Waals surface area contributed by atoms with Crippen molar-refractivity contribution in [1.29, 1.82) is 0 Å². The Labute approximate surface area is 110 Å². The maximum absolute atomic E-state index is 12.6. The van der Waals surface area contributed by atoms with Gasteiger partial charge in [-0.1, -0.05) is 0 Å². The molecule has 10 heteroatoms. The van der Waals surface area contributed by atoms with E-state index in [4.69, 9.17) is 5.11 Å². The highest BCUT2D eigenvalue weighted by molar-refractivity contribution is 14.1. The van der Waals surface area contributed by atoms with Gasteiger partial charge in [0.1, 0.15) is 5.56 Å². The molecule has 0 unspecified atom stereocenters. The quantitative estimate of drug-likeness (QED) is 0.627. The standard InChI is InChI=1S/C8H4F6INO2/c9-7(10,11)5-3(2-17)4(15)1-16-6(5)18-8(12,13)14/h1,17H,2H2. The molecular weight excluding hydrogens is 383 g/mol. The number of aliphatic hydroxyl groups excluding tert-OH is 1. The van der Waals surface area contributed by atoms with Crippen molar-refractivity contribution in [1.82, 2.24) is 4.98 Å². The average Bonchev–Trinajstić information content (AvgIpc) is 2.16. The van der Waals surface area contributed by atoms with Crippen LogP contribution >= 0.6 is 22.6 Å². The molecule has 0 fully saturated rings. The largest absolute Gasteiger partial charge is 0.574 e. The van der Waals surface area contributed by atoms with Crippen LogP contribution in [-0.2, 0) is 12.8 Å². The number of ether oxygens (including phenoxy) is 1. The molecule has 1 heterocycles. The highest BCUT2D eigenvalue weighted by Crippen LogP contribution is 2.40. The first-order chi connectivity index (χ1) is 8.06. The summed E-state index contributed by atoms with van der Waals surface area (Å²) < 4.78 is 76.9. The van der Waals surface area contributed by atoms with Crippen molar-refractivity contribution in [3.63, 3.8) is 0 Å². The van der Waals surface area contributed by atoms with Gasteiger partial charge in [0.05, 0.1) is 6.61 Å². The van der Waals surface area contributed by atoms with Gasteiger partial charge in [0.2, 0.25) is 5.88 Å². The zero-order valence-corrected chi connectivity index (χ0v) is 10.4. The second-order valence-electron chi connectivity index (χ2n) is 2.97. The molecule has 0 aromatic carbocycles. The van der Waals surface area contributed by atoms with Crippen molar-refractivity contribution in [3.05, 3.63) is 20.9 Å². The normalized spacial score (nSPS) is 12.7. The van der Waals surface area contributed by atoms with Gasteiger partial charge in [-0.25, -0.2) is 4.98 Å². The van der Waals surface area contributed by atoms with Gasteiger partial charge >= 0.3 is 12.5 Å². The van der Waals surface area contributed by atoms with E-state index in [1.54, 1.807) is 0 Å². The predicted octanol–water partition coefficient (Wildman–Crippen LogP) is 3.10. The summed E-state index contributed by atoms with van der Waals surface area (Å²) in [5.74, 6) is -1.63. The van der Waals surface area contributed by atoms with Crippen molar-refractivity contribution >= 4 is 22.6 Å². The highest BCUT2D eigenvalue weighted by atomic mass is 127. The van der Waals surface area contributed by atoms with Gasteiger partial charge in [0.25, 0.3) is 0 Å². The molecule has 0 aliphatic heterocycles. The fourth-order valence-corrected chi connectivity index (χ4v) is 1.72. The van der Waals surface area contributed by atoms with Gasteiger partial charge in [-0.05, 0) is 22.6 Å². The van der Waals surface area contributed by atoms with Crippen LogP contribution in [0.4, 0.5) is 26.3 Å². The lowest BCUT2D eigenvalue weighted by molar-refractivity contribution is -0.278. The summed E-state index contributed by atoms with van der Waals surface area (Å²) in [6, 6.07) is 0. The van der Waals surface area contributed by atoms with Crippen molar-refractivity contribution in [2.75, 3.05) is 0 Å². The smallest absolute Gasteiger partial charge is 0.392 e. The minimum Gasteiger partial charge on any atom is -0.392 e. The third-order valence-corrected chi connectivity index (χ3v) is 2.68. The molecule has 0 saturated carbocycles. The third-order valence-electron chi connectivity index (χ3n) is 1.75. The molecule has 18 heavy (non-hydrogen) atoms. The molecule has 3 nitrogen and oxygen atoms in total. The maximum atomic E-state index is 12.6. The number of hydrogen-bond acceptors (Lipinski definition) is 3. The molecule has 0 amide bonds. The summed E-state index contributed by atoms with van der Waals surface area (Å²) in [5.41, 5.74) is -2.44. The van der Waals surface area contributed by atoms with Crippen molar-refractivity contribution in [3.8, 4) is 5.88 Å². The Bertz CT molecular complexity index is 444. The second kappa shape index (κ2) is 5.07. The molecule has 1 rings (SSSR count). The van der Waals surface area contributed by atoms with Gasteiger partial charge in [-0.15, -0.1) is 13.2 Å². The fraction of sp³-hybridized carbons (Fsp3) is 0.375. The zero-order chi connectivity index (χ0) is 14.1.